The second-order valence-electron chi connectivity index (χ2n) is 9.28. The molecule has 1 N–H and O–H groups in total. The summed E-state index contributed by atoms with van der Waals surface area (Å²) in [5.41, 5.74) is 1.29. The molecular formula is C24H33NO3. The second-order valence-corrected chi connectivity index (χ2v) is 9.28. The van der Waals surface area contributed by atoms with Gasteiger partial charge in [-0.1, -0.05) is 32.9 Å². The van der Waals surface area contributed by atoms with Crippen LogP contribution in [0.3, 0.4) is 0 Å². The molecule has 0 heterocycles. The molecule has 3 rings (SSSR count). The highest BCUT2D eigenvalue weighted by Gasteiger charge is 2.30. The first-order chi connectivity index (χ1) is 13.1. The number of likely N-dealkylation sites (N-methyl/N-ethyl adjacent to an activating group) is 1. The predicted molar refractivity (Wildman–Crippen MR) is 115 cm³/mol. The molecule has 1 aliphatic rings. The summed E-state index contributed by atoms with van der Waals surface area (Å²) in [5.74, 6) is 0.881. The fraction of sp³-hybridized carbons (Fsp3) is 0.542. The first kappa shape index (κ1) is 20.5. The maximum atomic E-state index is 11.2. The lowest BCUT2D eigenvalue weighted by molar-refractivity contribution is -0.138. The van der Waals surface area contributed by atoms with Crippen molar-refractivity contribution in [2.75, 3.05) is 11.9 Å². The largest absolute Gasteiger partial charge is 0.490 e. The summed E-state index contributed by atoms with van der Waals surface area (Å²) in [6.07, 6.45) is 5.02. The second kappa shape index (κ2) is 8.02. The van der Waals surface area contributed by atoms with Crippen LogP contribution in [0.25, 0.3) is 10.8 Å². The maximum absolute atomic E-state index is 11.2. The van der Waals surface area contributed by atoms with E-state index in [4.69, 9.17) is 4.74 Å². The van der Waals surface area contributed by atoms with Gasteiger partial charge in [0.2, 0.25) is 0 Å². The van der Waals surface area contributed by atoms with Gasteiger partial charge in [-0.05, 0) is 79.0 Å². The monoisotopic (exact) mass is 383 g/mol. The van der Waals surface area contributed by atoms with Crippen molar-refractivity contribution in [3.63, 3.8) is 0 Å². The third-order valence-corrected chi connectivity index (χ3v) is 6.34. The highest BCUT2D eigenvalue weighted by atomic mass is 16.5. The minimum atomic E-state index is -0.826. The zero-order chi connectivity index (χ0) is 20.5. The average Bonchev–Trinajstić information content (AvgIpc) is 2.66. The fourth-order valence-corrected chi connectivity index (χ4v) is 4.13. The Morgan fingerprint density at radius 3 is 2.29 bits per heavy atom. The smallest absolute Gasteiger partial charge is 0.326 e. The van der Waals surface area contributed by atoms with Gasteiger partial charge in [-0.3, -0.25) is 0 Å². The van der Waals surface area contributed by atoms with Crippen LogP contribution in [0.15, 0.2) is 36.4 Å². The highest BCUT2D eigenvalue weighted by molar-refractivity contribution is 5.88. The van der Waals surface area contributed by atoms with E-state index in [0.29, 0.717) is 11.5 Å². The molecule has 1 unspecified atom stereocenters. The number of carbonyl (C=O) groups is 1. The standard InChI is InChI=1S/C24H33NO3/c1-16(23(26)27)25(5)20-10-6-18-15-22(11-7-17(18)14-20)28-21-12-8-19(9-13-21)24(2,3)4/h6-7,10-11,14-16,19,21H,8-9,12-13H2,1-5H3,(H,26,27)/t16?,19-,21-. The fourth-order valence-electron chi connectivity index (χ4n) is 4.13. The Bertz CT molecular complexity index is 831. The van der Waals surface area contributed by atoms with Crippen LogP contribution >= 0.6 is 0 Å². The van der Waals surface area contributed by atoms with Crippen molar-refractivity contribution in [2.24, 2.45) is 11.3 Å². The van der Waals surface area contributed by atoms with Crippen LogP contribution in [-0.2, 0) is 4.79 Å². The Kier molecular flexibility index (Phi) is 5.87. The number of fused-ring (bicyclic) bond motifs is 1. The summed E-state index contributed by atoms with van der Waals surface area (Å²) in [4.78, 5) is 13.0. The minimum Gasteiger partial charge on any atom is -0.490 e. The lowest BCUT2D eigenvalue weighted by atomic mass is 9.72. The molecule has 4 heteroatoms. The molecule has 0 amide bonds. The topological polar surface area (TPSA) is 49.8 Å². The molecule has 0 spiro atoms. The Morgan fingerprint density at radius 1 is 1.07 bits per heavy atom. The average molecular weight is 384 g/mol. The highest BCUT2D eigenvalue weighted by Crippen LogP contribution is 2.39. The molecule has 2 aromatic rings. The summed E-state index contributed by atoms with van der Waals surface area (Å²) in [5, 5.41) is 11.4. The van der Waals surface area contributed by atoms with Gasteiger partial charge < -0.3 is 14.7 Å². The number of hydrogen-bond acceptors (Lipinski definition) is 3. The van der Waals surface area contributed by atoms with E-state index in [0.717, 1.165) is 41.0 Å². The summed E-state index contributed by atoms with van der Waals surface area (Å²) in [6, 6.07) is 11.7. The Morgan fingerprint density at radius 2 is 1.68 bits per heavy atom. The third kappa shape index (κ3) is 4.60. The van der Waals surface area contributed by atoms with Crippen molar-refractivity contribution < 1.29 is 14.6 Å². The Balaban J connectivity index is 1.68. The molecule has 0 radical (unpaired) electrons. The molecule has 28 heavy (non-hydrogen) atoms. The van der Waals surface area contributed by atoms with Gasteiger partial charge in [-0.2, -0.15) is 0 Å². The van der Waals surface area contributed by atoms with E-state index in [1.807, 2.05) is 31.3 Å². The molecule has 1 aliphatic carbocycles. The molecule has 152 valence electrons. The van der Waals surface area contributed by atoms with Gasteiger partial charge in [0.25, 0.3) is 0 Å². The van der Waals surface area contributed by atoms with Crippen LogP contribution in [0, 0.1) is 11.3 Å². The summed E-state index contributed by atoms with van der Waals surface area (Å²) >= 11 is 0. The van der Waals surface area contributed by atoms with Crippen molar-refractivity contribution >= 4 is 22.4 Å². The normalized spacial score (nSPS) is 21.3. The summed E-state index contributed by atoms with van der Waals surface area (Å²) in [6.45, 7) is 8.71. The van der Waals surface area contributed by atoms with Gasteiger partial charge in [-0.25, -0.2) is 4.79 Å². The maximum Gasteiger partial charge on any atom is 0.326 e. The van der Waals surface area contributed by atoms with Crippen molar-refractivity contribution in [3.05, 3.63) is 36.4 Å². The van der Waals surface area contributed by atoms with Crippen molar-refractivity contribution in [2.45, 2.75) is 65.5 Å². The SMILES string of the molecule is CC(C(=O)O)N(C)c1ccc2cc(O[C@H]3CC[C@H](C(C)(C)C)CC3)ccc2c1. The van der Waals surface area contributed by atoms with E-state index < -0.39 is 12.0 Å². The summed E-state index contributed by atoms with van der Waals surface area (Å²) in [7, 11) is 1.81. The van der Waals surface area contributed by atoms with E-state index in [9.17, 15) is 9.90 Å². The van der Waals surface area contributed by atoms with Crippen molar-refractivity contribution in [1.82, 2.24) is 0 Å². The third-order valence-electron chi connectivity index (χ3n) is 6.34. The van der Waals surface area contributed by atoms with E-state index in [1.54, 1.807) is 11.8 Å². The van der Waals surface area contributed by atoms with Crippen LogP contribution < -0.4 is 9.64 Å². The van der Waals surface area contributed by atoms with Crippen LogP contribution in [0.1, 0.15) is 53.4 Å². The number of benzene rings is 2. The van der Waals surface area contributed by atoms with Crippen LogP contribution in [0.2, 0.25) is 0 Å². The number of ether oxygens (including phenoxy) is 1. The van der Waals surface area contributed by atoms with Gasteiger partial charge in [0, 0.05) is 12.7 Å². The molecule has 0 aliphatic heterocycles. The Labute approximate surface area is 168 Å². The number of hydrogen-bond donors (Lipinski definition) is 1. The molecule has 0 bridgehead atoms. The zero-order valence-electron chi connectivity index (χ0n) is 17.7. The molecule has 1 atom stereocenters. The van der Waals surface area contributed by atoms with Crippen LogP contribution in [0.5, 0.6) is 5.75 Å². The number of rotatable bonds is 5. The molecular weight excluding hydrogens is 350 g/mol. The lowest BCUT2D eigenvalue weighted by Gasteiger charge is -2.37. The van der Waals surface area contributed by atoms with Gasteiger partial charge in [0.15, 0.2) is 0 Å². The summed E-state index contributed by atoms with van der Waals surface area (Å²) < 4.78 is 6.28. The molecule has 1 fully saturated rings. The molecule has 1 saturated carbocycles. The number of aliphatic carboxylic acids is 1. The van der Waals surface area contributed by atoms with Gasteiger partial charge in [0.1, 0.15) is 11.8 Å². The minimum absolute atomic E-state index is 0.304. The lowest BCUT2D eigenvalue weighted by Crippen LogP contribution is -2.35. The number of carboxylic acids is 1. The van der Waals surface area contributed by atoms with E-state index in [-0.39, 0.29) is 0 Å². The van der Waals surface area contributed by atoms with E-state index in [2.05, 4.69) is 32.9 Å². The Hall–Kier alpha value is -2.23. The number of nitrogens with zero attached hydrogens (tertiary/aromatic N) is 1. The molecule has 2 aromatic carbocycles. The van der Waals surface area contributed by atoms with Gasteiger partial charge in [0.05, 0.1) is 6.10 Å². The van der Waals surface area contributed by atoms with E-state index in [1.165, 1.54) is 12.8 Å². The molecule has 0 saturated heterocycles. The predicted octanol–water partition coefficient (Wildman–Crippen LogP) is 5.73. The van der Waals surface area contributed by atoms with Gasteiger partial charge in [-0.15, -0.1) is 0 Å². The molecule has 0 aromatic heterocycles. The first-order valence-corrected chi connectivity index (χ1v) is 10.3. The van der Waals surface area contributed by atoms with Crippen LogP contribution in [-0.4, -0.2) is 30.3 Å². The first-order valence-electron chi connectivity index (χ1n) is 10.3. The zero-order valence-corrected chi connectivity index (χ0v) is 17.7. The van der Waals surface area contributed by atoms with E-state index >= 15 is 0 Å². The van der Waals surface area contributed by atoms with Crippen LogP contribution in [0.4, 0.5) is 5.69 Å². The number of carboxylic acid groups (broad SMARTS) is 1. The van der Waals surface area contributed by atoms with Crippen molar-refractivity contribution in [3.8, 4) is 5.75 Å². The quantitative estimate of drug-likeness (QED) is 0.716. The number of anilines is 1. The molecule has 4 nitrogen and oxygen atoms in total. The van der Waals surface area contributed by atoms with Gasteiger partial charge >= 0.3 is 5.97 Å². The van der Waals surface area contributed by atoms with Crippen molar-refractivity contribution in [1.29, 1.82) is 0 Å².